The molecule has 0 saturated carbocycles. The van der Waals surface area contributed by atoms with Crippen LogP contribution < -0.4 is 9.62 Å². The van der Waals surface area contributed by atoms with Gasteiger partial charge in [0.1, 0.15) is 12.6 Å². The lowest BCUT2D eigenvalue weighted by molar-refractivity contribution is -0.139. The van der Waals surface area contributed by atoms with Crippen LogP contribution in [0.2, 0.25) is 5.02 Å². The summed E-state index contributed by atoms with van der Waals surface area (Å²) in [6.45, 7) is 5.64. The fraction of sp³-hybridized carbons (Fsp3) is 0.391. The van der Waals surface area contributed by atoms with E-state index in [4.69, 9.17) is 11.6 Å². The molecule has 1 atom stereocenters. The summed E-state index contributed by atoms with van der Waals surface area (Å²) in [5.74, 6) is -0.776. The van der Waals surface area contributed by atoms with Crippen LogP contribution >= 0.6 is 11.6 Å². The number of amides is 2. The third-order valence-corrected chi connectivity index (χ3v) is 6.34. The lowest BCUT2D eigenvalue weighted by Crippen LogP contribution is -2.51. The standard InChI is InChI=1S/C23H30ClN3O4S/c1-5-13-25-23(29)18(3)26(15-19-9-11-20(24)12-10-19)22(28)16-27(32(4,30)31)21-8-6-7-17(2)14-21/h6-12,14,18H,5,13,15-16H2,1-4H3,(H,25,29). The van der Waals surface area contributed by atoms with Gasteiger partial charge in [-0.05, 0) is 55.7 Å². The Hall–Kier alpha value is -2.58. The monoisotopic (exact) mass is 479 g/mol. The molecule has 2 aromatic carbocycles. The van der Waals surface area contributed by atoms with E-state index in [0.717, 1.165) is 28.1 Å². The average Bonchev–Trinajstić information content (AvgIpc) is 2.73. The maximum Gasteiger partial charge on any atom is 0.244 e. The van der Waals surface area contributed by atoms with Gasteiger partial charge in [-0.25, -0.2) is 8.42 Å². The molecular formula is C23H30ClN3O4S. The summed E-state index contributed by atoms with van der Waals surface area (Å²) in [6, 6.07) is 13.1. The molecule has 32 heavy (non-hydrogen) atoms. The van der Waals surface area contributed by atoms with Crippen LogP contribution in [-0.4, -0.2) is 50.5 Å². The highest BCUT2D eigenvalue weighted by Crippen LogP contribution is 2.20. The number of halogens is 1. The summed E-state index contributed by atoms with van der Waals surface area (Å²) < 4.78 is 26.1. The van der Waals surface area contributed by atoms with E-state index in [2.05, 4.69) is 5.32 Å². The number of benzene rings is 2. The van der Waals surface area contributed by atoms with Gasteiger partial charge in [0, 0.05) is 18.1 Å². The molecule has 2 rings (SSSR count). The van der Waals surface area contributed by atoms with Crippen molar-refractivity contribution < 1.29 is 18.0 Å². The molecule has 0 aliphatic heterocycles. The number of carbonyl (C=O) groups excluding carboxylic acids is 2. The molecular weight excluding hydrogens is 450 g/mol. The summed E-state index contributed by atoms with van der Waals surface area (Å²) in [5.41, 5.74) is 2.05. The van der Waals surface area contributed by atoms with Crippen molar-refractivity contribution >= 4 is 39.1 Å². The summed E-state index contributed by atoms with van der Waals surface area (Å²) in [6.07, 6.45) is 1.82. The van der Waals surface area contributed by atoms with Crippen LogP contribution in [0.25, 0.3) is 0 Å². The van der Waals surface area contributed by atoms with E-state index in [1.54, 1.807) is 49.4 Å². The quantitative estimate of drug-likeness (QED) is 0.566. The number of nitrogens with zero attached hydrogens (tertiary/aromatic N) is 2. The van der Waals surface area contributed by atoms with E-state index in [9.17, 15) is 18.0 Å². The van der Waals surface area contributed by atoms with Gasteiger partial charge in [0.05, 0.1) is 11.9 Å². The fourth-order valence-corrected chi connectivity index (χ4v) is 4.13. The van der Waals surface area contributed by atoms with Crippen LogP contribution in [0, 0.1) is 6.92 Å². The molecule has 174 valence electrons. The highest BCUT2D eigenvalue weighted by molar-refractivity contribution is 7.92. The van der Waals surface area contributed by atoms with Gasteiger partial charge in [0.15, 0.2) is 0 Å². The summed E-state index contributed by atoms with van der Waals surface area (Å²) in [4.78, 5) is 27.4. The second kappa shape index (κ2) is 11.3. The first-order valence-electron chi connectivity index (χ1n) is 10.4. The van der Waals surface area contributed by atoms with Gasteiger partial charge < -0.3 is 10.2 Å². The van der Waals surface area contributed by atoms with Crippen molar-refractivity contribution in [3.05, 3.63) is 64.7 Å². The maximum absolute atomic E-state index is 13.4. The summed E-state index contributed by atoms with van der Waals surface area (Å²) in [5, 5.41) is 3.36. The van der Waals surface area contributed by atoms with E-state index in [1.807, 2.05) is 19.9 Å². The number of nitrogens with one attached hydrogen (secondary N) is 1. The minimum absolute atomic E-state index is 0.141. The lowest BCUT2D eigenvalue weighted by Gasteiger charge is -2.31. The average molecular weight is 480 g/mol. The molecule has 1 N–H and O–H groups in total. The number of carbonyl (C=O) groups is 2. The van der Waals surface area contributed by atoms with E-state index in [0.29, 0.717) is 17.3 Å². The van der Waals surface area contributed by atoms with Crippen molar-refractivity contribution in [2.24, 2.45) is 0 Å². The third-order valence-electron chi connectivity index (χ3n) is 4.95. The molecule has 0 saturated heterocycles. The van der Waals surface area contributed by atoms with Gasteiger partial charge in [-0.15, -0.1) is 0 Å². The Morgan fingerprint density at radius 1 is 1.12 bits per heavy atom. The number of sulfonamides is 1. The molecule has 0 radical (unpaired) electrons. The van der Waals surface area contributed by atoms with Gasteiger partial charge in [-0.3, -0.25) is 13.9 Å². The van der Waals surface area contributed by atoms with Crippen LogP contribution in [0.1, 0.15) is 31.4 Å². The Balaban J connectivity index is 2.35. The van der Waals surface area contributed by atoms with E-state index in [-0.39, 0.29) is 12.5 Å². The molecule has 0 heterocycles. The smallest absolute Gasteiger partial charge is 0.244 e. The first-order valence-corrected chi connectivity index (χ1v) is 12.6. The molecule has 2 amide bonds. The van der Waals surface area contributed by atoms with Crippen molar-refractivity contribution in [3.8, 4) is 0 Å². The largest absolute Gasteiger partial charge is 0.354 e. The zero-order valence-corrected chi connectivity index (χ0v) is 20.4. The van der Waals surface area contributed by atoms with E-state index >= 15 is 0 Å². The maximum atomic E-state index is 13.4. The molecule has 0 aliphatic carbocycles. The Kier molecular flexibility index (Phi) is 9.09. The van der Waals surface area contributed by atoms with Gasteiger partial charge in [0.2, 0.25) is 21.8 Å². The molecule has 0 fully saturated rings. The molecule has 9 heteroatoms. The van der Waals surface area contributed by atoms with Gasteiger partial charge >= 0.3 is 0 Å². The Morgan fingerprint density at radius 2 is 1.78 bits per heavy atom. The van der Waals surface area contributed by atoms with Crippen molar-refractivity contribution in [3.63, 3.8) is 0 Å². The SMILES string of the molecule is CCCNC(=O)C(C)N(Cc1ccc(Cl)cc1)C(=O)CN(c1cccc(C)c1)S(C)(=O)=O. The molecule has 1 unspecified atom stereocenters. The second-order valence-corrected chi connectivity index (χ2v) is 10.1. The Morgan fingerprint density at radius 3 is 2.34 bits per heavy atom. The topological polar surface area (TPSA) is 86.8 Å². The third kappa shape index (κ3) is 7.24. The molecule has 2 aromatic rings. The zero-order chi connectivity index (χ0) is 23.9. The predicted octanol–water partition coefficient (Wildman–Crippen LogP) is 3.36. The second-order valence-electron chi connectivity index (χ2n) is 7.72. The first kappa shape index (κ1) is 25.7. The fourth-order valence-electron chi connectivity index (χ4n) is 3.16. The van der Waals surface area contributed by atoms with Gasteiger partial charge in [-0.1, -0.05) is 42.8 Å². The molecule has 0 bridgehead atoms. The number of hydrogen-bond donors (Lipinski definition) is 1. The van der Waals surface area contributed by atoms with E-state index in [1.165, 1.54) is 4.90 Å². The number of rotatable bonds is 10. The minimum atomic E-state index is -3.73. The van der Waals surface area contributed by atoms with Crippen LogP contribution in [0.5, 0.6) is 0 Å². The zero-order valence-electron chi connectivity index (χ0n) is 18.8. The van der Waals surface area contributed by atoms with Crippen molar-refractivity contribution in [2.75, 3.05) is 23.7 Å². The highest BCUT2D eigenvalue weighted by Gasteiger charge is 2.30. The Bertz CT molecular complexity index is 1040. The molecule has 0 aliphatic rings. The van der Waals surface area contributed by atoms with Crippen LogP contribution in [0.4, 0.5) is 5.69 Å². The molecule has 0 spiro atoms. The van der Waals surface area contributed by atoms with E-state index < -0.39 is 28.5 Å². The number of aryl methyl sites for hydroxylation is 1. The molecule has 0 aromatic heterocycles. The van der Waals surface area contributed by atoms with Crippen LogP contribution in [0.15, 0.2) is 48.5 Å². The minimum Gasteiger partial charge on any atom is -0.354 e. The lowest BCUT2D eigenvalue weighted by atomic mass is 10.1. The van der Waals surface area contributed by atoms with Gasteiger partial charge in [0.25, 0.3) is 0 Å². The highest BCUT2D eigenvalue weighted by atomic mass is 35.5. The van der Waals surface area contributed by atoms with Crippen molar-refractivity contribution in [1.82, 2.24) is 10.2 Å². The van der Waals surface area contributed by atoms with Crippen molar-refractivity contribution in [2.45, 2.75) is 39.8 Å². The summed E-state index contributed by atoms with van der Waals surface area (Å²) >= 11 is 5.96. The predicted molar refractivity (Wildman–Crippen MR) is 128 cm³/mol. The summed E-state index contributed by atoms with van der Waals surface area (Å²) in [7, 11) is -3.73. The Labute approximate surface area is 195 Å². The van der Waals surface area contributed by atoms with Gasteiger partial charge in [-0.2, -0.15) is 0 Å². The van der Waals surface area contributed by atoms with Crippen LogP contribution in [-0.2, 0) is 26.2 Å². The first-order chi connectivity index (χ1) is 15.0. The van der Waals surface area contributed by atoms with Crippen molar-refractivity contribution in [1.29, 1.82) is 0 Å². The van der Waals surface area contributed by atoms with Crippen LogP contribution in [0.3, 0.4) is 0 Å². The molecule has 7 nitrogen and oxygen atoms in total. The normalized spacial score (nSPS) is 12.2. The number of anilines is 1. The number of hydrogen-bond acceptors (Lipinski definition) is 4.